The lowest BCUT2D eigenvalue weighted by atomic mass is 9.96. The van der Waals surface area contributed by atoms with E-state index in [1.807, 2.05) is 11.8 Å². The van der Waals surface area contributed by atoms with Gasteiger partial charge in [0, 0.05) is 38.0 Å². The lowest BCUT2D eigenvalue weighted by Crippen LogP contribution is -2.46. The van der Waals surface area contributed by atoms with Crippen molar-refractivity contribution in [3.63, 3.8) is 0 Å². The van der Waals surface area contributed by atoms with Gasteiger partial charge in [0.15, 0.2) is 0 Å². The fourth-order valence-electron chi connectivity index (χ4n) is 4.64. The molecule has 0 bridgehead atoms. The molecule has 2 aliphatic heterocycles. The van der Waals surface area contributed by atoms with Crippen LogP contribution in [0.4, 0.5) is 0 Å². The first-order valence-corrected chi connectivity index (χ1v) is 10.2. The molecule has 1 aromatic carbocycles. The molecule has 1 saturated carbocycles. The molecule has 3 aliphatic rings. The molecule has 0 aromatic heterocycles. The van der Waals surface area contributed by atoms with Gasteiger partial charge in [-0.3, -0.25) is 4.90 Å². The number of benzene rings is 1. The SMILES string of the molecule is O[C@]1(CN[C@@H]2CC[C@@H]3CN(Cc4ccccc4)C[C@H]32)CCSC1. The predicted octanol–water partition coefficient (Wildman–Crippen LogP) is 2.35. The lowest BCUT2D eigenvalue weighted by molar-refractivity contribution is 0.0626. The Morgan fingerprint density at radius 1 is 1.22 bits per heavy atom. The second-order valence-corrected chi connectivity index (χ2v) is 8.80. The molecule has 1 aromatic rings. The van der Waals surface area contributed by atoms with Gasteiger partial charge in [0.05, 0.1) is 5.60 Å². The summed E-state index contributed by atoms with van der Waals surface area (Å²) >= 11 is 1.89. The molecule has 4 heteroatoms. The van der Waals surface area contributed by atoms with E-state index in [0.29, 0.717) is 6.04 Å². The van der Waals surface area contributed by atoms with E-state index in [1.54, 1.807) is 0 Å². The highest BCUT2D eigenvalue weighted by Crippen LogP contribution is 2.39. The number of nitrogens with one attached hydrogen (secondary N) is 1. The van der Waals surface area contributed by atoms with Gasteiger partial charge in [-0.05, 0) is 42.4 Å². The minimum Gasteiger partial charge on any atom is -0.388 e. The molecule has 2 heterocycles. The number of likely N-dealkylation sites (tertiary alicyclic amines) is 1. The standard InChI is InChI=1S/C19H28N2OS/c22-19(8-9-23-14-19)13-20-18-7-6-16-11-21(12-17(16)18)10-15-4-2-1-3-5-15/h1-5,16-18,20,22H,6-14H2/t16-,17-,18-,19+/m1/s1. The van der Waals surface area contributed by atoms with Crippen molar-refractivity contribution in [1.29, 1.82) is 0 Å². The van der Waals surface area contributed by atoms with Crippen molar-refractivity contribution in [2.45, 2.75) is 37.5 Å². The molecule has 4 rings (SSSR count). The number of nitrogens with zero attached hydrogens (tertiary/aromatic N) is 1. The Balaban J connectivity index is 1.31. The van der Waals surface area contributed by atoms with Crippen LogP contribution in [-0.4, -0.2) is 52.8 Å². The van der Waals surface area contributed by atoms with Gasteiger partial charge < -0.3 is 10.4 Å². The first kappa shape index (κ1) is 15.9. The van der Waals surface area contributed by atoms with Crippen LogP contribution in [0.15, 0.2) is 30.3 Å². The molecular weight excluding hydrogens is 304 g/mol. The zero-order valence-electron chi connectivity index (χ0n) is 13.8. The van der Waals surface area contributed by atoms with Crippen molar-refractivity contribution in [2.24, 2.45) is 11.8 Å². The second-order valence-electron chi connectivity index (χ2n) is 7.70. The minimum atomic E-state index is -0.453. The maximum Gasteiger partial charge on any atom is 0.0869 e. The van der Waals surface area contributed by atoms with Crippen LogP contribution < -0.4 is 5.32 Å². The van der Waals surface area contributed by atoms with E-state index in [2.05, 4.69) is 40.5 Å². The zero-order valence-corrected chi connectivity index (χ0v) is 14.6. The molecule has 4 atom stereocenters. The fourth-order valence-corrected chi connectivity index (χ4v) is 5.93. The predicted molar refractivity (Wildman–Crippen MR) is 96.6 cm³/mol. The molecule has 3 fully saturated rings. The van der Waals surface area contributed by atoms with Gasteiger partial charge >= 0.3 is 0 Å². The van der Waals surface area contributed by atoms with Crippen LogP contribution in [0, 0.1) is 11.8 Å². The molecule has 0 amide bonds. The van der Waals surface area contributed by atoms with Crippen molar-refractivity contribution in [3.05, 3.63) is 35.9 Å². The van der Waals surface area contributed by atoms with Crippen LogP contribution in [0.5, 0.6) is 0 Å². The summed E-state index contributed by atoms with van der Waals surface area (Å²) in [6.07, 6.45) is 3.59. The van der Waals surface area contributed by atoms with Crippen LogP contribution in [0.1, 0.15) is 24.8 Å². The topological polar surface area (TPSA) is 35.5 Å². The van der Waals surface area contributed by atoms with Gasteiger partial charge in [0.2, 0.25) is 0 Å². The number of hydrogen-bond donors (Lipinski definition) is 2. The molecular formula is C19H28N2OS. The summed E-state index contributed by atoms with van der Waals surface area (Å²) in [6.45, 7) is 4.33. The highest BCUT2D eigenvalue weighted by Gasteiger charge is 2.43. The molecule has 0 radical (unpaired) electrons. The Morgan fingerprint density at radius 3 is 2.87 bits per heavy atom. The monoisotopic (exact) mass is 332 g/mol. The van der Waals surface area contributed by atoms with Gasteiger partial charge in [-0.2, -0.15) is 11.8 Å². The van der Waals surface area contributed by atoms with Gasteiger partial charge in [0.25, 0.3) is 0 Å². The summed E-state index contributed by atoms with van der Waals surface area (Å²) < 4.78 is 0. The minimum absolute atomic E-state index is 0.453. The van der Waals surface area contributed by atoms with Crippen LogP contribution >= 0.6 is 11.8 Å². The summed E-state index contributed by atoms with van der Waals surface area (Å²) in [5, 5.41) is 14.3. The average molecular weight is 333 g/mol. The largest absolute Gasteiger partial charge is 0.388 e. The second kappa shape index (κ2) is 6.75. The van der Waals surface area contributed by atoms with Gasteiger partial charge in [0.1, 0.15) is 0 Å². The Labute approximate surface area is 143 Å². The fraction of sp³-hybridized carbons (Fsp3) is 0.684. The van der Waals surface area contributed by atoms with Crippen LogP contribution in [0.2, 0.25) is 0 Å². The molecule has 0 unspecified atom stereocenters. The van der Waals surface area contributed by atoms with Crippen molar-refractivity contribution in [3.8, 4) is 0 Å². The van der Waals surface area contributed by atoms with Crippen LogP contribution in [-0.2, 0) is 6.54 Å². The summed E-state index contributed by atoms with van der Waals surface area (Å²) in [5.41, 5.74) is 0.972. The molecule has 0 spiro atoms. The number of rotatable bonds is 5. The molecule has 2 saturated heterocycles. The maximum absolute atomic E-state index is 10.5. The molecule has 126 valence electrons. The lowest BCUT2D eigenvalue weighted by Gasteiger charge is -2.27. The van der Waals surface area contributed by atoms with E-state index >= 15 is 0 Å². The van der Waals surface area contributed by atoms with E-state index in [-0.39, 0.29) is 0 Å². The van der Waals surface area contributed by atoms with Gasteiger partial charge in [-0.25, -0.2) is 0 Å². The summed E-state index contributed by atoms with van der Waals surface area (Å²) in [6, 6.07) is 11.4. The van der Waals surface area contributed by atoms with Gasteiger partial charge in [-0.15, -0.1) is 0 Å². The van der Waals surface area contributed by atoms with Crippen molar-refractivity contribution >= 4 is 11.8 Å². The van der Waals surface area contributed by atoms with E-state index in [0.717, 1.165) is 42.9 Å². The van der Waals surface area contributed by atoms with Crippen LogP contribution in [0.25, 0.3) is 0 Å². The van der Waals surface area contributed by atoms with E-state index < -0.39 is 5.60 Å². The van der Waals surface area contributed by atoms with Gasteiger partial charge in [-0.1, -0.05) is 30.3 Å². The highest BCUT2D eigenvalue weighted by atomic mass is 32.2. The van der Waals surface area contributed by atoms with E-state index in [1.165, 1.54) is 31.5 Å². The smallest absolute Gasteiger partial charge is 0.0869 e. The third-order valence-corrected chi connectivity index (χ3v) is 7.19. The Hall–Kier alpha value is -0.550. The zero-order chi connectivity index (χ0) is 15.7. The quantitative estimate of drug-likeness (QED) is 0.868. The third-order valence-electron chi connectivity index (χ3n) is 5.96. The number of hydrogen-bond acceptors (Lipinski definition) is 4. The Bertz CT molecular complexity index is 517. The number of aliphatic hydroxyl groups is 1. The van der Waals surface area contributed by atoms with Crippen LogP contribution in [0.3, 0.4) is 0 Å². The van der Waals surface area contributed by atoms with E-state index in [4.69, 9.17) is 0 Å². The first-order chi connectivity index (χ1) is 11.2. The summed E-state index contributed by atoms with van der Waals surface area (Å²) in [7, 11) is 0. The first-order valence-electron chi connectivity index (χ1n) is 9.02. The normalized spacial score (nSPS) is 37.3. The van der Waals surface area contributed by atoms with Crippen molar-refractivity contribution in [1.82, 2.24) is 10.2 Å². The molecule has 3 nitrogen and oxygen atoms in total. The van der Waals surface area contributed by atoms with Crippen molar-refractivity contribution in [2.75, 3.05) is 31.1 Å². The summed E-state index contributed by atoms with van der Waals surface area (Å²) in [4.78, 5) is 2.62. The average Bonchev–Trinajstić information content (AvgIpc) is 3.23. The molecule has 23 heavy (non-hydrogen) atoms. The van der Waals surface area contributed by atoms with Crippen molar-refractivity contribution < 1.29 is 5.11 Å². The van der Waals surface area contributed by atoms with E-state index in [9.17, 15) is 5.11 Å². The number of fused-ring (bicyclic) bond motifs is 1. The maximum atomic E-state index is 10.5. The Kier molecular flexibility index (Phi) is 4.68. The Morgan fingerprint density at radius 2 is 2.09 bits per heavy atom. The number of thioether (sulfide) groups is 1. The molecule has 2 N–H and O–H groups in total. The highest BCUT2D eigenvalue weighted by molar-refractivity contribution is 7.99. The third kappa shape index (κ3) is 3.60. The summed E-state index contributed by atoms with van der Waals surface area (Å²) in [5.74, 6) is 3.64. The molecule has 1 aliphatic carbocycles.